The summed E-state index contributed by atoms with van der Waals surface area (Å²) in [5.74, 6) is 2.70. The van der Waals surface area contributed by atoms with Crippen LogP contribution < -0.4 is 14.2 Å². The largest absolute Gasteiger partial charge is 0.493 e. The van der Waals surface area contributed by atoms with Gasteiger partial charge >= 0.3 is 0 Å². The van der Waals surface area contributed by atoms with Crippen LogP contribution in [0.5, 0.6) is 17.2 Å². The van der Waals surface area contributed by atoms with Crippen LogP contribution in [0.4, 0.5) is 0 Å². The number of rotatable bonds is 9. The minimum absolute atomic E-state index is 0.0375. The maximum Gasteiger partial charge on any atom is 0.227 e. The second kappa shape index (κ2) is 11.9. The minimum Gasteiger partial charge on any atom is -0.493 e. The van der Waals surface area contributed by atoms with Crippen molar-refractivity contribution < 1.29 is 19.0 Å². The van der Waals surface area contributed by atoms with E-state index in [9.17, 15) is 4.79 Å². The van der Waals surface area contributed by atoms with Crippen molar-refractivity contribution in [3.8, 4) is 17.2 Å². The summed E-state index contributed by atoms with van der Waals surface area (Å²) in [5.41, 5.74) is 2.10. The molecule has 1 amide bonds. The van der Waals surface area contributed by atoms with E-state index in [1.54, 1.807) is 20.4 Å². The van der Waals surface area contributed by atoms with Crippen molar-refractivity contribution in [2.45, 2.75) is 32.4 Å². The molecule has 4 rings (SSSR count). The number of carbonyl (C=O) groups is 1. The molecule has 2 saturated heterocycles. The van der Waals surface area contributed by atoms with Gasteiger partial charge in [-0.25, -0.2) is 0 Å². The van der Waals surface area contributed by atoms with Gasteiger partial charge in [-0.3, -0.25) is 14.7 Å². The molecule has 0 spiro atoms. The van der Waals surface area contributed by atoms with Gasteiger partial charge in [0.2, 0.25) is 5.91 Å². The van der Waals surface area contributed by atoms with Crippen LogP contribution in [0.25, 0.3) is 0 Å². The van der Waals surface area contributed by atoms with Gasteiger partial charge in [0.15, 0.2) is 11.5 Å². The Morgan fingerprint density at radius 1 is 1.08 bits per heavy atom. The number of carbonyl (C=O) groups excluding carboxylic acids is 1. The number of benzene rings is 1. The number of ether oxygens (including phenoxy) is 3. The van der Waals surface area contributed by atoms with Crippen LogP contribution in [0.15, 0.2) is 36.5 Å². The second-order valence-corrected chi connectivity index (χ2v) is 10.3. The first kappa shape index (κ1) is 26.2. The molecule has 36 heavy (non-hydrogen) atoms. The van der Waals surface area contributed by atoms with E-state index < -0.39 is 0 Å². The van der Waals surface area contributed by atoms with Gasteiger partial charge in [-0.15, -0.1) is 0 Å². The zero-order valence-corrected chi connectivity index (χ0v) is 22.3. The van der Waals surface area contributed by atoms with Crippen molar-refractivity contribution in [2.24, 2.45) is 11.8 Å². The number of pyridine rings is 1. The van der Waals surface area contributed by atoms with E-state index in [2.05, 4.69) is 39.8 Å². The molecule has 2 aromatic rings. The van der Waals surface area contributed by atoms with Gasteiger partial charge in [0.1, 0.15) is 5.75 Å². The molecule has 0 bridgehead atoms. The van der Waals surface area contributed by atoms with Gasteiger partial charge < -0.3 is 24.0 Å². The first-order valence-electron chi connectivity index (χ1n) is 12.8. The highest BCUT2D eigenvalue weighted by Gasteiger charge is 2.37. The molecule has 0 radical (unpaired) electrons. The Bertz CT molecular complexity index is 1010. The van der Waals surface area contributed by atoms with Crippen molar-refractivity contribution in [3.63, 3.8) is 0 Å². The van der Waals surface area contributed by atoms with Gasteiger partial charge in [-0.05, 0) is 63.7 Å². The lowest BCUT2D eigenvalue weighted by atomic mass is 9.88. The average Bonchev–Trinajstić information content (AvgIpc) is 3.38. The van der Waals surface area contributed by atoms with Gasteiger partial charge in [0.05, 0.1) is 32.9 Å². The Hall–Kier alpha value is -2.84. The highest BCUT2D eigenvalue weighted by molar-refractivity contribution is 5.79. The number of hydrogen-bond donors (Lipinski definition) is 0. The highest BCUT2D eigenvalue weighted by atomic mass is 16.5. The van der Waals surface area contributed by atoms with Crippen LogP contribution in [0.3, 0.4) is 0 Å². The quantitative estimate of drug-likeness (QED) is 0.529. The van der Waals surface area contributed by atoms with Gasteiger partial charge in [0, 0.05) is 50.4 Å². The first-order chi connectivity index (χ1) is 17.4. The first-order valence-corrected chi connectivity index (χ1v) is 12.8. The monoisotopic (exact) mass is 496 g/mol. The van der Waals surface area contributed by atoms with E-state index >= 15 is 0 Å². The van der Waals surface area contributed by atoms with E-state index in [-0.39, 0.29) is 17.7 Å². The summed E-state index contributed by atoms with van der Waals surface area (Å²) in [6.45, 7) is 6.55. The van der Waals surface area contributed by atoms with E-state index in [4.69, 9.17) is 14.2 Å². The zero-order chi connectivity index (χ0) is 25.7. The van der Waals surface area contributed by atoms with Crippen molar-refractivity contribution in [2.75, 3.05) is 61.1 Å². The molecule has 0 saturated carbocycles. The van der Waals surface area contributed by atoms with Crippen LogP contribution in [-0.4, -0.2) is 92.7 Å². The summed E-state index contributed by atoms with van der Waals surface area (Å²) in [4.78, 5) is 24.6. The summed E-state index contributed by atoms with van der Waals surface area (Å²) >= 11 is 0. The van der Waals surface area contributed by atoms with Crippen molar-refractivity contribution >= 4 is 5.91 Å². The molecular weight excluding hydrogens is 456 g/mol. The van der Waals surface area contributed by atoms with Crippen molar-refractivity contribution in [3.05, 3.63) is 47.8 Å². The molecule has 0 N–H and O–H groups in total. The number of methoxy groups -OCH3 is 2. The molecule has 196 valence electrons. The number of aromatic nitrogens is 1. The van der Waals surface area contributed by atoms with E-state index in [0.717, 1.165) is 74.1 Å². The molecule has 1 unspecified atom stereocenters. The van der Waals surface area contributed by atoms with E-state index in [1.807, 2.05) is 31.2 Å². The Morgan fingerprint density at radius 2 is 1.89 bits per heavy atom. The topological polar surface area (TPSA) is 67.4 Å². The third-order valence-electron chi connectivity index (χ3n) is 7.39. The molecule has 2 aliphatic heterocycles. The van der Waals surface area contributed by atoms with E-state index in [1.165, 1.54) is 0 Å². The minimum atomic E-state index is -0.0375. The molecule has 0 aliphatic carbocycles. The third-order valence-corrected chi connectivity index (χ3v) is 7.39. The lowest BCUT2D eigenvalue weighted by Crippen LogP contribution is -2.48. The fraction of sp³-hybridized carbons (Fsp3) is 0.571. The number of piperidine rings is 1. The smallest absolute Gasteiger partial charge is 0.227 e. The lowest BCUT2D eigenvalue weighted by Gasteiger charge is -2.38. The molecule has 8 heteroatoms. The standard InChI is InChI=1S/C28H40N4O4/c1-20-6-8-25(14-29-20)36-19-22-12-23(28(33)32-11-10-24(18-32)30(2)3)17-31(16-22)15-21-7-9-26(34-4)27(13-21)35-5/h6-9,13-14,22-24H,10-12,15-19H2,1-5H3/t22-,23+,24?/m0/s1. The summed E-state index contributed by atoms with van der Waals surface area (Å²) in [7, 11) is 7.49. The van der Waals surface area contributed by atoms with Crippen LogP contribution in [0.1, 0.15) is 24.1 Å². The summed E-state index contributed by atoms with van der Waals surface area (Å²) in [6, 6.07) is 10.4. The fourth-order valence-electron chi connectivity index (χ4n) is 5.34. The molecule has 2 fully saturated rings. The van der Waals surface area contributed by atoms with Crippen molar-refractivity contribution in [1.82, 2.24) is 19.7 Å². The molecule has 8 nitrogen and oxygen atoms in total. The Labute approximate surface area is 215 Å². The number of amides is 1. The van der Waals surface area contributed by atoms with Crippen LogP contribution in [0.2, 0.25) is 0 Å². The maximum absolute atomic E-state index is 13.6. The Balaban J connectivity index is 1.46. The molecule has 3 heterocycles. The average molecular weight is 497 g/mol. The SMILES string of the molecule is COc1ccc(CN2C[C@@H](COc3ccc(C)nc3)C[C@@H](C(=O)N3CCC(N(C)C)C3)C2)cc1OC. The second-order valence-electron chi connectivity index (χ2n) is 10.3. The zero-order valence-electron chi connectivity index (χ0n) is 22.3. The van der Waals surface area contributed by atoms with Crippen LogP contribution in [0, 0.1) is 18.8 Å². The van der Waals surface area contributed by atoms with Gasteiger partial charge in [-0.1, -0.05) is 6.07 Å². The predicted octanol–water partition coefficient (Wildman–Crippen LogP) is 3.09. The number of nitrogens with zero attached hydrogens (tertiary/aromatic N) is 4. The molecule has 1 aromatic carbocycles. The van der Waals surface area contributed by atoms with Crippen LogP contribution >= 0.6 is 0 Å². The summed E-state index contributed by atoms with van der Waals surface area (Å²) < 4.78 is 17.0. The number of aryl methyl sites for hydroxylation is 1. The van der Waals surface area contributed by atoms with Gasteiger partial charge in [0.25, 0.3) is 0 Å². The highest BCUT2D eigenvalue weighted by Crippen LogP contribution is 2.31. The molecule has 3 atom stereocenters. The Morgan fingerprint density at radius 3 is 2.56 bits per heavy atom. The van der Waals surface area contributed by atoms with Crippen LogP contribution in [-0.2, 0) is 11.3 Å². The number of likely N-dealkylation sites (tertiary alicyclic amines) is 2. The Kier molecular flexibility index (Phi) is 8.69. The third kappa shape index (κ3) is 6.48. The predicted molar refractivity (Wildman–Crippen MR) is 140 cm³/mol. The maximum atomic E-state index is 13.6. The van der Waals surface area contributed by atoms with E-state index in [0.29, 0.717) is 12.6 Å². The molecule has 2 aliphatic rings. The summed E-state index contributed by atoms with van der Waals surface area (Å²) in [6.07, 6.45) is 3.64. The lowest BCUT2D eigenvalue weighted by molar-refractivity contribution is -0.137. The van der Waals surface area contributed by atoms with Crippen molar-refractivity contribution in [1.29, 1.82) is 0 Å². The number of likely N-dealkylation sites (N-methyl/N-ethyl adjacent to an activating group) is 1. The molecule has 1 aromatic heterocycles. The number of hydrogen-bond acceptors (Lipinski definition) is 7. The fourth-order valence-corrected chi connectivity index (χ4v) is 5.34. The van der Waals surface area contributed by atoms with Gasteiger partial charge in [-0.2, -0.15) is 0 Å². The molecular formula is C28H40N4O4. The normalized spacial score (nSPS) is 22.6. The summed E-state index contributed by atoms with van der Waals surface area (Å²) in [5, 5.41) is 0.